The highest BCUT2D eigenvalue weighted by atomic mass is 32.2. The molecule has 0 aliphatic carbocycles. The SMILES string of the molecule is CC(C)CC[C@H](C)NC(=O)COC(=O)[C@H](C)N=C1NS(=O)(=O)c2ccccc21. The Kier molecular flexibility index (Phi) is 7.17. The van der Waals surface area contributed by atoms with E-state index in [0.717, 1.165) is 12.8 Å². The van der Waals surface area contributed by atoms with Crippen molar-refractivity contribution in [1.29, 1.82) is 0 Å². The number of amides is 1. The number of carbonyl (C=O) groups is 2. The molecule has 2 atom stereocenters. The minimum atomic E-state index is -3.67. The molecule has 0 saturated heterocycles. The van der Waals surface area contributed by atoms with Crippen molar-refractivity contribution < 1.29 is 22.7 Å². The van der Waals surface area contributed by atoms with Gasteiger partial charge < -0.3 is 10.1 Å². The lowest BCUT2D eigenvalue weighted by Gasteiger charge is -2.15. The van der Waals surface area contributed by atoms with Crippen LogP contribution in [0.4, 0.5) is 0 Å². The largest absolute Gasteiger partial charge is 0.454 e. The van der Waals surface area contributed by atoms with Crippen LogP contribution in [0.5, 0.6) is 0 Å². The van der Waals surface area contributed by atoms with Crippen LogP contribution in [-0.2, 0) is 24.3 Å². The van der Waals surface area contributed by atoms with E-state index in [4.69, 9.17) is 4.74 Å². The maximum absolute atomic E-state index is 12.1. The Morgan fingerprint density at radius 2 is 1.82 bits per heavy atom. The maximum atomic E-state index is 12.1. The third-order valence-electron chi connectivity index (χ3n) is 4.26. The molecule has 8 nitrogen and oxygen atoms in total. The second-order valence-corrected chi connectivity index (χ2v) is 8.95. The molecule has 2 rings (SSSR count). The third kappa shape index (κ3) is 5.79. The zero-order valence-electron chi connectivity index (χ0n) is 16.6. The fraction of sp³-hybridized carbons (Fsp3) is 0.526. The number of esters is 1. The number of aliphatic imine (C=N–C) groups is 1. The van der Waals surface area contributed by atoms with Gasteiger partial charge in [0.15, 0.2) is 6.61 Å². The molecule has 0 aromatic heterocycles. The quantitative estimate of drug-likeness (QED) is 0.633. The molecule has 9 heteroatoms. The normalized spacial score (nSPS) is 18.2. The number of carbonyl (C=O) groups excluding carboxylic acids is 2. The first-order chi connectivity index (χ1) is 13.1. The van der Waals surface area contributed by atoms with Crippen LogP contribution < -0.4 is 10.0 Å². The number of fused-ring (bicyclic) bond motifs is 1. The number of benzene rings is 1. The number of hydrogen-bond acceptors (Lipinski definition) is 6. The Labute approximate surface area is 165 Å². The molecule has 1 aromatic rings. The van der Waals surface area contributed by atoms with Crippen molar-refractivity contribution in [3.05, 3.63) is 29.8 Å². The lowest BCUT2D eigenvalue weighted by molar-refractivity contribution is -0.149. The highest BCUT2D eigenvalue weighted by Gasteiger charge is 2.31. The van der Waals surface area contributed by atoms with Gasteiger partial charge in [0.05, 0.1) is 4.90 Å². The van der Waals surface area contributed by atoms with E-state index in [0.29, 0.717) is 11.5 Å². The van der Waals surface area contributed by atoms with E-state index in [1.165, 1.54) is 13.0 Å². The van der Waals surface area contributed by atoms with Crippen LogP contribution in [0.25, 0.3) is 0 Å². The molecule has 0 radical (unpaired) electrons. The van der Waals surface area contributed by atoms with E-state index in [9.17, 15) is 18.0 Å². The lowest BCUT2D eigenvalue weighted by atomic mass is 10.0. The van der Waals surface area contributed by atoms with Gasteiger partial charge in [0.1, 0.15) is 11.9 Å². The molecule has 1 heterocycles. The van der Waals surface area contributed by atoms with Gasteiger partial charge in [-0.1, -0.05) is 26.0 Å². The summed E-state index contributed by atoms with van der Waals surface area (Å²) in [5, 5.41) is 2.78. The molecule has 0 fully saturated rings. The Bertz CT molecular complexity index is 864. The summed E-state index contributed by atoms with van der Waals surface area (Å²) in [5.41, 5.74) is 0.402. The first-order valence-electron chi connectivity index (χ1n) is 9.26. The number of ether oxygens (including phenoxy) is 1. The summed E-state index contributed by atoms with van der Waals surface area (Å²) >= 11 is 0. The molecule has 0 spiro atoms. The minimum absolute atomic E-state index is 0.00401. The van der Waals surface area contributed by atoms with E-state index in [1.807, 2.05) is 6.92 Å². The Hall–Kier alpha value is -2.42. The molecule has 0 bridgehead atoms. The number of rotatable bonds is 8. The fourth-order valence-electron chi connectivity index (χ4n) is 2.71. The van der Waals surface area contributed by atoms with Crippen LogP contribution in [0.15, 0.2) is 34.2 Å². The summed E-state index contributed by atoms with van der Waals surface area (Å²) in [6.07, 6.45) is 1.84. The number of amidine groups is 1. The van der Waals surface area contributed by atoms with Gasteiger partial charge in [0.2, 0.25) is 0 Å². The standard InChI is InChI=1S/C19H27N3O5S/c1-12(2)9-10-13(3)20-17(23)11-27-19(24)14(4)21-18-15-7-5-6-8-16(15)28(25,26)22-18/h5-8,12-14H,9-11H2,1-4H3,(H,20,23)(H,21,22)/t13-,14-/m0/s1. The van der Waals surface area contributed by atoms with Crippen LogP contribution in [0.3, 0.4) is 0 Å². The average Bonchev–Trinajstić information content (AvgIpc) is 2.88. The number of hydrogen-bond donors (Lipinski definition) is 2. The lowest BCUT2D eigenvalue weighted by Crippen LogP contribution is -2.37. The van der Waals surface area contributed by atoms with Crippen LogP contribution in [0.1, 0.15) is 46.1 Å². The summed E-state index contributed by atoms with van der Waals surface area (Å²) in [7, 11) is -3.67. The summed E-state index contributed by atoms with van der Waals surface area (Å²) in [6, 6.07) is 5.40. The van der Waals surface area contributed by atoms with Crippen LogP contribution >= 0.6 is 0 Å². The van der Waals surface area contributed by atoms with E-state index >= 15 is 0 Å². The second-order valence-electron chi connectivity index (χ2n) is 7.30. The van der Waals surface area contributed by atoms with E-state index in [-0.39, 0.29) is 22.7 Å². The van der Waals surface area contributed by atoms with Crippen LogP contribution in [-0.4, -0.2) is 44.8 Å². The second kappa shape index (κ2) is 9.18. The van der Waals surface area contributed by atoms with Gasteiger partial charge in [-0.25, -0.2) is 13.2 Å². The highest BCUT2D eigenvalue weighted by Crippen LogP contribution is 2.22. The molecule has 1 amide bonds. The van der Waals surface area contributed by atoms with Crippen molar-refractivity contribution in [2.45, 2.75) is 57.5 Å². The van der Waals surface area contributed by atoms with Crippen LogP contribution in [0.2, 0.25) is 0 Å². The van der Waals surface area contributed by atoms with Crippen molar-refractivity contribution >= 4 is 27.7 Å². The maximum Gasteiger partial charge on any atom is 0.331 e. The topological polar surface area (TPSA) is 114 Å². The summed E-state index contributed by atoms with van der Waals surface area (Å²) in [5.74, 6) is -0.445. The Morgan fingerprint density at radius 3 is 2.50 bits per heavy atom. The smallest absolute Gasteiger partial charge is 0.331 e. The highest BCUT2D eigenvalue weighted by molar-refractivity contribution is 7.90. The van der Waals surface area contributed by atoms with Crippen molar-refractivity contribution in [2.24, 2.45) is 10.9 Å². The first-order valence-corrected chi connectivity index (χ1v) is 10.7. The van der Waals surface area contributed by atoms with Crippen molar-refractivity contribution in [1.82, 2.24) is 10.0 Å². The molecular weight excluding hydrogens is 382 g/mol. The van der Waals surface area contributed by atoms with E-state index in [1.54, 1.807) is 18.2 Å². The predicted octanol–water partition coefficient (Wildman–Crippen LogP) is 1.60. The molecule has 0 unspecified atom stereocenters. The Balaban J connectivity index is 1.90. The van der Waals surface area contributed by atoms with Gasteiger partial charge in [0.25, 0.3) is 15.9 Å². The number of nitrogens with one attached hydrogen (secondary N) is 2. The minimum Gasteiger partial charge on any atom is -0.454 e. The summed E-state index contributed by atoms with van der Waals surface area (Å²) in [6.45, 7) is 7.21. The third-order valence-corrected chi connectivity index (χ3v) is 5.65. The molecule has 28 heavy (non-hydrogen) atoms. The van der Waals surface area contributed by atoms with Crippen molar-refractivity contribution in [3.8, 4) is 0 Å². The summed E-state index contributed by atoms with van der Waals surface area (Å²) < 4.78 is 31.5. The molecule has 1 aliphatic rings. The first kappa shape index (κ1) is 21.9. The Morgan fingerprint density at radius 1 is 1.14 bits per heavy atom. The monoisotopic (exact) mass is 409 g/mol. The van der Waals surface area contributed by atoms with E-state index < -0.39 is 28.6 Å². The fourth-order valence-corrected chi connectivity index (χ4v) is 3.94. The van der Waals surface area contributed by atoms with Crippen LogP contribution in [0, 0.1) is 5.92 Å². The average molecular weight is 410 g/mol. The summed E-state index contributed by atoms with van der Waals surface area (Å²) in [4.78, 5) is 28.3. The van der Waals surface area contributed by atoms with Gasteiger partial charge >= 0.3 is 5.97 Å². The van der Waals surface area contributed by atoms with Gasteiger partial charge in [0, 0.05) is 11.6 Å². The molecular formula is C19H27N3O5S. The zero-order valence-corrected chi connectivity index (χ0v) is 17.4. The molecule has 154 valence electrons. The van der Waals surface area contributed by atoms with Gasteiger partial charge in [-0.3, -0.25) is 14.5 Å². The molecule has 1 aromatic carbocycles. The number of sulfonamides is 1. The number of nitrogens with zero attached hydrogens (tertiary/aromatic N) is 1. The zero-order chi connectivity index (χ0) is 20.9. The molecule has 2 N–H and O–H groups in total. The van der Waals surface area contributed by atoms with Gasteiger partial charge in [-0.05, 0) is 44.7 Å². The van der Waals surface area contributed by atoms with Gasteiger partial charge in [-0.2, -0.15) is 0 Å². The van der Waals surface area contributed by atoms with Crippen molar-refractivity contribution in [3.63, 3.8) is 0 Å². The molecule has 1 aliphatic heterocycles. The molecule has 0 saturated carbocycles. The predicted molar refractivity (Wildman–Crippen MR) is 105 cm³/mol. The van der Waals surface area contributed by atoms with Crippen molar-refractivity contribution in [2.75, 3.05) is 6.61 Å². The van der Waals surface area contributed by atoms with E-state index in [2.05, 4.69) is 28.9 Å². The van der Waals surface area contributed by atoms with Gasteiger partial charge in [-0.15, -0.1) is 0 Å².